The summed E-state index contributed by atoms with van der Waals surface area (Å²) in [6.45, 7) is 0. The molecule has 0 radical (unpaired) electrons. The first kappa shape index (κ1) is 36.8. The average molecular weight is 801 g/mol. The van der Waals surface area contributed by atoms with E-state index in [0.717, 1.165) is 66.7 Å². The molecule has 63 heavy (non-hydrogen) atoms. The van der Waals surface area contributed by atoms with Crippen molar-refractivity contribution in [3.63, 3.8) is 0 Å². The minimum Gasteiger partial charge on any atom is -0.308 e. The van der Waals surface area contributed by atoms with Crippen molar-refractivity contribution in [3.8, 4) is 46.5 Å². The Labute approximate surface area is 364 Å². The average Bonchev–Trinajstić information content (AvgIpc) is 3.64. The molecule has 2 aliphatic rings. The largest absolute Gasteiger partial charge is 0.308 e. The molecule has 290 valence electrons. The van der Waals surface area contributed by atoms with Crippen LogP contribution in [0.1, 0.15) is 44.5 Å². The van der Waals surface area contributed by atoms with Gasteiger partial charge in [-0.25, -0.2) is 0 Å². The minimum atomic E-state index is -0.807. The van der Waals surface area contributed by atoms with Crippen LogP contribution in [-0.2, 0) is 5.41 Å². The van der Waals surface area contributed by atoms with Gasteiger partial charge < -0.3 is 9.80 Å². The fraction of sp³-hybridized carbons (Fsp3) is 0.0175. The second-order valence-electron chi connectivity index (χ2n) is 15.6. The first-order chi connectivity index (χ1) is 31.1. The maximum atomic E-state index is 10.5. The number of hydrogen-bond donors (Lipinski definition) is 0. The summed E-state index contributed by atoms with van der Waals surface area (Å²) in [6, 6.07) is 74.3. The zero-order valence-corrected chi connectivity index (χ0v) is 33.7. The van der Waals surface area contributed by atoms with E-state index in [0.29, 0.717) is 45.0 Å². The van der Waals surface area contributed by atoms with Crippen LogP contribution in [0.3, 0.4) is 0 Å². The highest BCUT2D eigenvalue weighted by Gasteiger charge is 2.50. The Hall–Kier alpha value is -9.20. The van der Waals surface area contributed by atoms with E-state index in [-0.39, 0.29) is 0 Å². The smallest absolute Gasteiger partial charge is 0.101 e. The third-order valence-electron chi connectivity index (χ3n) is 12.6. The first-order valence-corrected chi connectivity index (χ1v) is 20.6. The zero-order chi connectivity index (χ0) is 42.7. The molecular formula is C57H32N6. The molecular weight excluding hydrogens is 769 g/mol. The number of nitriles is 4. The van der Waals surface area contributed by atoms with E-state index in [9.17, 15) is 21.0 Å². The van der Waals surface area contributed by atoms with Crippen molar-refractivity contribution in [2.45, 2.75) is 5.41 Å². The maximum Gasteiger partial charge on any atom is 0.101 e. The van der Waals surface area contributed by atoms with Crippen molar-refractivity contribution in [1.29, 1.82) is 21.0 Å². The third-order valence-corrected chi connectivity index (χ3v) is 12.6. The van der Waals surface area contributed by atoms with Crippen molar-refractivity contribution < 1.29 is 0 Å². The molecule has 0 fully saturated rings. The van der Waals surface area contributed by atoms with Gasteiger partial charge in [-0.1, -0.05) is 127 Å². The lowest BCUT2D eigenvalue weighted by atomic mass is 9.61. The Balaban J connectivity index is 1.25. The van der Waals surface area contributed by atoms with Crippen LogP contribution in [-0.4, -0.2) is 0 Å². The lowest BCUT2D eigenvalue weighted by Crippen LogP contribution is -2.32. The van der Waals surface area contributed by atoms with E-state index in [2.05, 4.69) is 126 Å². The summed E-state index contributed by atoms with van der Waals surface area (Å²) >= 11 is 0. The van der Waals surface area contributed by atoms with Gasteiger partial charge in [-0.3, -0.25) is 0 Å². The normalized spacial score (nSPS) is 13.7. The lowest BCUT2D eigenvalue weighted by Gasteiger charge is -2.41. The van der Waals surface area contributed by atoms with Gasteiger partial charge in [-0.15, -0.1) is 0 Å². The molecule has 9 aromatic carbocycles. The Morgan fingerprint density at radius 1 is 0.317 bits per heavy atom. The van der Waals surface area contributed by atoms with Crippen LogP contribution < -0.4 is 9.80 Å². The van der Waals surface area contributed by atoms with E-state index in [1.807, 2.05) is 102 Å². The molecule has 1 spiro atoms. The monoisotopic (exact) mass is 800 g/mol. The fourth-order valence-electron chi connectivity index (χ4n) is 10.2. The van der Waals surface area contributed by atoms with Gasteiger partial charge >= 0.3 is 0 Å². The van der Waals surface area contributed by atoms with Gasteiger partial charge in [0.2, 0.25) is 0 Å². The molecule has 0 N–H and O–H groups in total. The molecule has 0 saturated carbocycles. The predicted molar refractivity (Wildman–Crippen MR) is 248 cm³/mol. The third kappa shape index (κ3) is 5.27. The highest BCUT2D eigenvalue weighted by Crippen LogP contribution is 2.63. The Morgan fingerprint density at radius 2 is 0.730 bits per heavy atom. The summed E-state index contributed by atoms with van der Waals surface area (Å²) in [5.41, 5.74) is 14.3. The van der Waals surface area contributed by atoms with Crippen molar-refractivity contribution >= 4 is 44.9 Å². The number of rotatable bonds is 6. The van der Waals surface area contributed by atoms with E-state index < -0.39 is 5.41 Å². The molecule has 1 unspecified atom stereocenters. The Kier molecular flexibility index (Phi) is 8.49. The van der Waals surface area contributed by atoms with Gasteiger partial charge in [0.15, 0.2) is 0 Å². The topological polar surface area (TPSA) is 102 Å². The van der Waals surface area contributed by atoms with Crippen LogP contribution in [0.2, 0.25) is 0 Å². The molecule has 0 aliphatic heterocycles. The molecule has 0 amide bonds. The number of hydrogen-bond acceptors (Lipinski definition) is 6. The molecule has 6 heteroatoms. The summed E-state index contributed by atoms with van der Waals surface area (Å²) in [5, 5.41) is 43.8. The quantitative estimate of drug-likeness (QED) is 0.166. The van der Waals surface area contributed by atoms with Crippen LogP contribution in [0.5, 0.6) is 0 Å². The summed E-state index contributed by atoms with van der Waals surface area (Å²) < 4.78 is 0. The molecule has 2 aliphatic carbocycles. The molecule has 0 aromatic heterocycles. The summed E-state index contributed by atoms with van der Waals surface area (Å²) in [5.74, 6) is 0. The first-order valence-electron chi connectivity index (χ1n) is 20.6. The standard InChI is InChI=1S/C57H32N6/c58-33-37-14-1-9-24-51(37)62(52-25-10-2-15-38(52)34-59)41-28-29-44-42-18-5-7-21-47(42)57(50(44)32-41)48-22-8-6-19-43(48)45-30-31-55(46-20-13-23-49(57)56(45)46)63(53-26-11-3-16-39(53)35-60)54-27-12-4-17-40(54)36-61/h1-32H. The van der Waals surface area contributed by atoms with Gasteiger partial charge in [0.25, 0.3) is 0 Å². The van der Waals surface area contributed by atoms with E-state index in [1.54, 1.807) is 0 Å². The number of nitrogens with zero attached hydrogens (tertiary/aromatic N) is 6. The number of benzene rings is 9. The lowest BCUT2D eigenvalue weighted by molar-refractivity contribution is 0.773. The van der Waals surface area contributed by atoms with Crippen LogP contribution in [0.15, 0.2) is 194 Å². The number of anilines is 6. The molecule has 0 bridgehead atoms. The van der Waals surface area contributed by atoms with Crippen LogP contribution in [0, 0.1) is 45.3 Å². The van der Waals surface area contributed by atoms with Crippen LogP contribution in [0.4, 0.5) is 34.1 Å². The summed E-state index contributed by atoms with van der Waals surface area (Å²) in [4.78, 5) is 4.09. The Morgan fingerprint density at radius 3 is 1.25 bits per heavy atom. The van der Waals surface area contributed by atoms with Gasteiger partial charge in [-0.05, 0) is 117 Å². The van der Waals surface area contributed by atoms with Gasteiger partial charge in [0.1, 0.15) is 24.3 Å². The van der Waals surface area contributed by atoms with E-state index in [1.165, 1.54) is 0 Å². The van der Waals surface area contributed by atoms with Crippen molar-refractivity contribution in [2.24, 2.45) is 0 Å². The second-order valence-corrected chi connectivity index (χ2v) is 15.6. The maximum absolute atomic E-state index is 10.5. The molecule has 6 nitrogen and oxygen atoms in total. The van der Waals surface area contributed by atoms with Crippen LogP contribution in [0.25, 0.3) is 33.0 Å². The van der Waals surface area contributed by atoms with E-state index >= 15 is 0 Å². The highest BCUT2D eigenvalue weighted by molar-refractivity contribution is 6.13. The second kappa shape index (κ2) is 14.5. The summed E-state index contributed by atoms with van der Waals surface area (Å²) in [6.07, 6.45) is 0. The molecule has 0 saturated heterocycles. The van der Waals surface area contributed by atoms with Crippen molar-refractivity contribution in [3.05, 3.63) is 239 Å². The zero-order valence-electron chi connectivity index (χ0n) is 33.7. The van der Waals surface area contributed by atoms with Crippen molar-refractivity contribution in [1.82, 2.24) is 0 Å². The SMILES string of the molecule is N#Cc1ccccc1N(c1ccc2c(c1)C1(c3ccccc3-2)c2ccccc2-c2ccc(N(c3ccccc3C#N)c3ccccc3C#N)c3cccc1c23)c1ccccc1C#N. The molecule has 9 aromatic rings. The number of para-hydroxylation sites is 4. The Bertz CT molecular complexity index is 3440. The fourth-order valence-corrected chi connectivity index (χ4v) is 10.2. The number of fused-ring (bicyclic) bond motifs is 9. The van der Waals surface area contributed by atoms with Gasteiger partial charge in [0, 0.05) is 11.1 Å². The minimum absolute atomic E-state index is 0.485. The van der Waals surface area contributed by atoms with Crippen molar-refractivity contribution in [2.75, 3.05) is 9.80 Å². The highest BCUT2D eigenvalue weighted by atomic mass is 15.2. The van der Waals surface area contributed by atoms with Gasteiger partial charge in [-0.2, -0.15) is 21.0 Å². The molecule has 11 rings (SSSR count). The van der Waals surface area contributed by atoms with Crippen LogP contribution >= 0.6 is 0 Å². The summed E-state index contributed by atoms with van der Waals surface area (Å²) in [7, 11) is 0. The molecule has 1 atom stereocenters. The predicted octanol–water partition coefficient (Wildman–Crippen LogP) is 13.6. The van der Waals surface area contributed by atoms with E-state index in [4.69, 9.17) is 0 Å². The van der Waals surface area contributed by atoms with Gasteiger partial charge in [0.05, 0.1) is 56.1 Å². The molecule has 0 heterocycles.